The maximum absolute atomic E-state index is 9.71. The minimum Gasteiger partial charge on any atom is -0.318 e. The van der Waals surface area contributed by atoms with Gasteiger partial charge in [-0.25, -0.2) is 0 Å². The van der Waals surface area contributed by atoms with Crippen LogP contribution in [0.15, 0.2) is 84.9 Å². The third-order valence-corrected chi connectivity index (χ3v) is 5.49. The summed E-state index contributed by atoms with van der Waals surface area (Å²) in [7, 11) is 0. The molecule has 4 aromatic rings. The monoisotopic (exact) mass is 388 g/mol. The topological polar surface area (TPSA) is 28.7 Å². The van der Waals surface area contributed by atoms with Gasteiger partial charge in [-0.15, -0.1) is 0 Å². The average molecular weight is 389 g/mol. The zero-order valence-electron chi connectivity index (χ0n) is 17.6. The molecule has 0 amide bonds. The lowest BCUT2D eigenvalue weighted by atomic mass is 10.0. The zero-order chi connectivity index (χ0) is 21.1. The van der Waals surface area contributed by atoms with Crippen LogP contribution in [-0.4, -0.2) is 4.57 Å². The van der Waals surface area contributed by atoms with E-state index in [-0.39, 0.29) is 0 Å². The van der Waals surface area contributed by atoms with Crippen molar-refractivity contribution in [2.75, 3.05) is 0 Å². The van der Waals surface area contributed by atoms with Crippen molar-refractivity contribution < 1.29 is 0 Å². The molecule has 2 heteroatoms. The molecule has 0 spiro atoms. The molecule has 0 bridgehead atoms. The van der Waals surface area contributed by atoms with Crippen molar-refractivity contribution in [3.8, 4) is 22.9 Å². The molecule has 0 atom stereocenters. The van der Waals surface area contributed by atoms with Crippen LogP contribution in [-0.2, 0) is 0 Å². The van der Waals surface area contributed by atoms with Crippen LogP contribution in [0.1, 0.15) is 28.1 Å². The molecular formula is C28H24N2. The van der Waals surface area contributed by atoms with Gasteiger partial charge in [0, 0.05) is 17.1 Å². The second kappa shape index (κ2) is 8.27. The first-order valence-corrected chi connectivity index (χ1v) is 10.1. The molecule has 0 saturated heterocycles. The Morgan fingerprint density at radius 1 is 0.800 bits per heavy atom. The quantitative estimate of drug-likeness (QED) is 0.342. The predicted molar refractivity (Wildman–Crippen MR) is 125 cm³/mol. The zero-order valence-corrected chi connectivity index (χ0v) is 17.6. The Morgan fingerprint density at radius 2 is 1.43 bits per heavy atom. The Labute approximate surface area is 178 Å². The second-order valence-electron chi connectivity index (χ2n) is 7.61. The molecule has 0 aliphatic carbocycles. The van der Waals surface area contributed by atoms with Gasteiger partial charge in [-0.05, 0) is 67.3 Å². The summed E-state index contributed by atoms with van der Waals surface area (Å²) in [6, 6.07) is 31.6. The van der Waals surface area contributed by atoms with Gasteiger partial charge in [0.15, 0.2) is 0 Å². The van der Waals surface area contributed by atoms with Crippen molar-refractivity contribution in [3.63, 3.8) is 0 Å². The number of allylic oxidation sites excluding steroid dienone is 1. The summed E-state index contributed by atoms with van der Waals surface area (Å²) in [5, 5.41) is 9.71. The molecule has 1 aromatic heterocycles. The highest BCUT2D eigenvalue weighted by Crippen LogP contribution is 2.27. The lowest BCUT2D eigenvalue weighted by Crippen LogP contribution is -1.99. The number of nitriles is 1. The summed E-state index contributed by atoms with van der Waals surface area (Å²) in [6.07, 6.45) is 1.99. The first-order chi connectivity index (χ1) is 14.6. The van der Waals surface area contributed by atoms with Crippen molar-refractivity contribution in [1.82, 2.24) is 4.57 Å². The number of nitrogens with zero attached hydrogens (tertiary/aromatic N) is 2. The smallest absolute Gasteiger partial charge is 0.0998 e. The molecule has 30 heavy (non-hydrogen) atoms. The molecule has 1 heterocycles. The number of hydrogen-bond acceptors (Lipinski definition) is 1. The summed E-state index contributed by atoms with van der Waals surface area (Å²) >= 11 is 0. The van der Waals surface area contributed by atoms with Crippen LogP contribution >= 0.6 is 0 Å². The van der Waals surface area contributed by atoms with Gasteiger partial charge in [0.25, 0.3) is 0 Å². The number of rotatable bonds is 4. The summed E-state index contributed by atoms with van der Waals surface area (Å²) < 4.78 is 2.24. The van der Waals surface area contributed by atoms with Crippen molar-refractivity contribution in [1.29, 1.82) is 5.26 Å². The van der Waals surface area contributed by atoms with Gasteiger partial charge in [0.05, 0.1) is 11.6 Å². The van der Waals surface area contributed by atoms with Crippen LogP contribution in [0, 0.1) is 32.1 Å². The van der Waals surface area contributed by atoms with Gasteiger partial charge in [0.2, 0.25) is 0 Å². The van der Waals surface area contributed by atoms with Crippen LogP contribution in [0.2, 0.25) is 0 Å². The van der Waals surface area contributed by atoms with E-state index >= 15 is 0 Å². The van der Waals surface area contributed by atoms with Crippen LogP contribution in [0.5, 0.6) is 0 Å². The van der Waals surface area contributed by atoms with E-state index in [9.17, 15) is 5.26 Å². The molecule has 2 nitrogen and oxygen atoms in total. The minimum absolute atomic E-state index is 0.676. The van der Waals surface area contributed by atoms with E-state index in [1.54, 1.807) is 0 Å². The molecule has 0 aliphatic heterocycles. The van der Waals surface area contributed by atoms with E-state index < -0.39 is 0 Å². The molecular weight excluding hydrogens is 364 g/mol. The lowest BCUT2D eigenvalue weighted by Gasteiger charge is -2.11. The fraction of sp³-hybridized carbons (Fsp3) is 0.107. The Bertz CT molecular complexity index is 1230. The van der Waals surface area contributed by atoms with E-state index in [0.29, 0.717) is 5.57 Å². The molecule has 146 valence electrons. The molecule has 0 N–H and O–H groups in total. The standard InChI is InChI=1S/C28H24N2/c1-20-9-11-25(12-10-20)27(19-29)18-26-17-21(2)30(22(26)3)28-15-13-24(14-16-28)23-7-5-4-6-8-23/h4-18H,1-3H3/b27-18+. The first-order valence-electron chi connectivity index (χ1n) is 10.1. The highest BCUT2D eigenvalue weighted by molar-refractivity contribution is 5.90. The van der Waals surface area contributed by atoms with Crippen LogP contribution in [0.4, 0.5) is 0 Å². The number of benzene rings is 3. The van der Waals surface area contributed by atoms with Crippen LogP contribution in [0.3, 0.4) is 0 Å². The van der Waals surface area contributed by atoms with Gasteiger partial charge >= 0.3 is 0 Å². The van der Waals surface area contributed by atoms with E-state index in [0.717, 1.165) is 28.2 Å². The van der Waals surface area contributed by atoms with Crippen molar-refractivity contribution in [2.24, 2.45) is 0 Å². The number of aryl methyl sites for hydroxylation is 2. The van der Waals surface area contributed by atoms with Crippen molar-refractivity contribution >= 4 is 11.6 Å². The van der Waals surface area contributed by atoms with E-state index in [1.807, 2.05) is 36.4 Å². The SMILES string of the molecule is Cc1ccc(/C(C#N)=C/c2cc(C)n(-c3ccc(-c4ccccc4)cc3)c2C)cc1. The second-order valence-corrected chi connectivity index (χ2v) is 7.61. The molecule has 0 fully saturated rings. The highest BCUT2D eigenvalue weighted by atomic mass is 15.0. The Hall–Kier alpha value is -3.83. The fourth-order valence-corrected chi connectivity index (χ4v) is 3.83. The summed E-state index contributed by atoms with van der Waals surface area (Å²) in [4.78, 5) is 0. The van der Waals surface area contributed by atoms with E-state index in [1.165, 1.54) is 16.7 Å². The lowest BCUT2D eigenvalue weighted by molar-refractivity contribution is 0.965. The maximum Gasteiger partial charge on any atom is 0.0998 e. The molecule has 0 aliphatic rings. The maximum atomic E-state index is 9.71. The van der Waals surface area contributed by atoms with Crippen molar-refractivity contribution in [3.05, 3.63) is 113 Å². The Balaban J connectivity index is 1.70. The molecule has 3 aromatic carbocycles. The third kappa shape index (κ3) is 3.83. The highest BCUT2D eigenvalue weighted by Gasteiger charge is 2.11. The number of aromatic nitrogens is 1. The van der Waals surface area contributed by atoms with Gasteiger partial charge in [-0.1, -0.05) is 72.3 Å². The van der Waals surface area contributed by atoms with E-state index in [4.69, 9.17) is 0 Å². The minimum atomic E-state index is 0.676. The van der Waals surface area contributed by atoms with Gasteiger partial charge < -0.3 is 4.57 Å². The molecule has 0 saturated carbocycles. The Kier molecular flexibility index (Phi) is 5.37. The largest absolute Gasteiger partial charge is 0.318 e. The summed E-state index contributed by atoms with van der Waals surface area (Å²) in [5.74, 6) is 0. The Morgan fingerprint density at radius 3 is 2.07 bits per heavy atom. The van der Waals surface area contributed by atoms with Gasteiger partial charge in [-0.3, -0.25) is 0 Å². The van der Waals surface area contributed by atoms with Crippen LogP contribution in [0.25, 0.3) is 28.5 Å². The average Bonchev–Trinajstić information content (AvgIpc) is 3.06. The predicted octanol–water partition coefficient (Wildman–Crippen LogP) is 7.13. The van der Waals surface area contributed by atoms with E-state index in [2.05, 4.69) is 86.0 Å². The molecule has 4 rings (SSSR count). The summed E-state index contributed by atoms with van der Waals surface area (Å²) in [5.41, 5.74) is 9.68. The first kappa shape index (κ1) is 19.5. The molecule has 0 radical (unpaired) electrons. The van der Waals surface area contributed by atoms with Crippen molar-refractivity contribution in [2.45, 2.75) is 20.8 Å². The van der Waals surface area contributed by atoms with Crippen LogP contribution < -0.4 is 0 Å². The number of hydrogen-bond donors (Lipinski definition) is 0. The molecule has 0 unspecified atom stereocenters. The summed E-state index contributed by atoms with van der Waals surface area (Å²) in [6.45, 7) is 6.26. The third-order valence-electron chi connectivity index (χ3n) is 5.49. The van der Waals surface area contributed by atoms with Gasteiger partial charge in [-0.2, -0.15) is 5.26 Å². The van der Waals surface area contributed by atoms with Gasteiger partial charge in [0.1, 0.15) is 0 Å². The normalized spacial score (nSPS) is 11.3. The fourth-order valence-electron chi connectivity index (χ4n) is 3.83.